The molecule has 0 aliphatic rings. The number of carbonyl (C=O) groups is 1. The van der Waals surface area contributed by atoms with Crippen LogP contribution >= 0.6 is 7.82 Å². The summed E-state index contributed by atoms with van der Waals surface area (Å²) >= 11 is 0. The Kier molecular flexibility index (Phi) is 2.90. The molecule has 7 heteroatoms. The number of primary amides is 1. The van der Waals surface area contributed by atoms with Crippen LogP contribution in [-0.4, -0.2) is 15.7 Å². The summed E-state index contributed by atoms with van der Waals surface area (Å²) in [7, 11) is -4.66. The molecule has 0 unspecified atom stereocenters. The van der Waals surface area contributed by atoms with Crippen LogP contribution in [0.5, 0.6) is 5.75 Å². The third-order valence-corrected chi connectivity index (χ3v) is 1.80. The van der Waals surface area contributed by atoms with Gasteiger partial charge in [0.2, 0.25) is 0 Å². The molecule has 0 heterocycles. The third-order valence-electron chi connectivity index (χ3n) is 1.37. The van der Waals surface area contributed by atoms with E-state index in [2.05, 4.69) is 4.52 Å². The standard InChI is InChI=1S/C7H8NO5P/c8-7(9)5-3-1-2-4-6(5)13-14(10,11)12/h1-4H,(H2,8,9)(H2,10,11,12). The van der Waals surface area contributed by atoms with E-state index in [-0.39, 0.29) is 11.3 Å². The number of rotatable bonds is 3. The first-order valence-corrected chi connectivity index (χ1v) is 5.07. The Labute approximate surface area is 79.5 Å². The number of carbonyl (C=O) groups excluding carboxylic acids is 1. The Balaban J connectivity index is 3.08. The van der Waals surface area contributed by atoms with Crippen molar-refractivity contribution in [3.63, 3.8) is 0 Å². The number of benzene rings is 1. The quantitative estimate of drug-likeness (QED) is 0.629. The molecule has 1 rings (SSSR count). The third kappa shape index (κ3) is 2.85. The zero-order valence-corrected chi connectivity index (χ0v) is 7.85. The molecule has 0 aromatic heterocycles. The van der Waals surface area contributed by atoms with E-state index in [9.17, 15) is 9.36 Å². The second kappa shape index (κ2) is 3.79. The Hall–Kier alpha value is -1.36. The van der Waals surface area contributed by atoms with Crippen LogP contribution < -0.4 is 10.3 Å². The zero-order valence-electron chi connectivity index (χ0n) is 6.95. The van der Waals surface area contributed by atoms with E-state index >= 15 is 0 Å². The van der Waals surface area contributed by atoms with Crippen molar-refractivity contribution in [3.05, 3.63) is 29.8 Å². The van der Waals surface area contributed by atoms with Crippen molar-refractivity contribution in [2.24, 2.45) is 5.73 Å². The summed E-state index contributed by atoms with van der Waals surface area (Å²) < 4.78 is 14.8. The molecule has 0 saturated heterocycles. The minimum atomic E-state index is -4.66. The molecule has 0 aliphatic carbocycles. The van der Waals surface area contributed by atoms with Gasteiger partial charge < -0.3 is 10.3 Å². The molecule has 0 spiro atoms. The van der Waals surface area contributed by atoms with Crippen molar-refractivity contribution in [3.8, 4) is 5.75 Å². The van der Waals surface area contributed by atoms with Crippen LogP contribution in [0.4, 0.5) is 0 Å². The average Bonchev–Trinajstić information content (AvgIpc) is 2.01. The highest BCUT2D eigenvalue weighted by atomic mass is 31.2. The van der Waals surface area contributed by atoms with Crippen molar-refractivity contribution in [1.82, 2.24) is 0 Å². The number of hydrogen-bond acceptors (Lipinski definition) is 3. The van der Waals surface area contributed by atoms with Gasteiger partial charge in [-0.1, -0.05) is 12.1 Å². The highest BCUT2D eigenvalue weighted by molar-refractivity contribution is 7.46. The minimum Gasteiger partial charge on any atom is -0.403 e. The highest BCUT2D eigenvalue weighted by Gasteiger charge is 2.19. The molecular formula is C7H8NO5P. The Morgan fingerprint density at radius 1 is 1.36 bits per heavy atom. The summed E-state index contributed by atoms with van der Waals surface area (Å²) in [5, 5.41) is 0. The fraction of sp³-hybridized carbons (Fsp3) is 0. The van der Waals surface area contributed by atoms with Crippen LogP contribution in [-0.2, 0) is 4.57 Å². The molecule has 0 radical (unpaired) electrons. The monoisotopic (exact) mass is 217 g/mol. The van der Waals surface area contributed by atoms with E-state index in [0.29, 0.717) is 0 Å². The molecule has 1 amide bonds. The van der Waals surface area contributed by atoms with E-state index in [1.54, 1.807) is 0 Å². The van der Waals surface area contributed by atoms with E-state index in [1.165, 1.54) is 24.3 Å². The smallest absolute Gasteiger partial charge is 0.403 e. The van der Waals surface area contributed by atoms with Gasteiger partial charge in [-0.15, -0.1) is 0 Å². The molecule has 0 aliphatic heterocycles. The van der Waals surface area contributed by atoms with Crippen LogP contribution in [0.15, 0.2) is 24.3 Å². The first kappa shape index (κ1) is 10.7. The second-order valence-corrected chi connectivity index (χ2v) is 3.61. The van der Waals surface area contributed by atoms with Crippen molar-refractivity contribution in [2.45, 2.75) is 0 Å². The fourth-order valence-corrected chi connectivity index (χ4v) is 1.29. The van der Waals surface area contributed by atoms with Crippen LogP contribution in [0, 0.1) is 0 Å². The molecule has 14 heavy (non-hydrogen) atoms. The Bertz CT molecular complexity index is 399. The highest BCUT2D eigenvalue weighted by Crippen LogP contribution is 2.38. The van der Waals surface area contributed by atoms with Gasteiger partial charge in [-0.2, -0.15) is 0 Å². The molecule has 76 valence electrons. The van der Waals surface area contributed by atoms with E-state index < -0.39 is 13.7 Å². The number of para-hydroxylation sites is 1. The normalized spacial score (nSPS) is 11.0. The fourth-order valence-electron chi connectivity index (χ4n) is 0.878. The molecule has 0 fully saturated rings. The number of hydrogen-bond donors (Lipinski definition) is 3. The van der Waals surface area contributed by atoms with Gasteiger partial charge in [0.15, 0.2) is 0 Å². The lowest BCUT2D eigenvalue weighted by Gasteiger charge is -2.08. The van der Waals surface area contributed by atoms with Gasteiger partial charge in [0.25, 0.3) is 5.91 Å². The second-order valence-electron chi connectivity index (χ2n) is 2.44. The number of phosphoric acid groups is 1. The summed E-state index contributed by atoms with van der Waals surface area (Å²) in [4.78, 5) is 27.8. The number of nitrogens with two attached hydrogens (primary N) is 1. The molecule has 1 aromatic carbocycles. The zero-order chi connectivity index (χ0) is 10.8. The topological polar surface area (TPSA) is 110 Å². The van der Waals surface area contributed by atoms with Gasteiger partial charge in [-0.3, -0.25) is 14.6 Å². The van der Waals surface area contributed by atoms with E-state index in [1.807, 2.05) is 0 Å². The predicted octanol–water partition coefficient (Wildman–Crippen LogP) is 0.257. The number of phosphoric ester groups is 1. The van der Waals surface area contributed by atoms with Crippen LogP contribution in [0.25, 0.3) is 0 Å². The predicted molar refractivity (Wildman–Crippen MR) is 47.6 cm³/mol. The Morgan fingerprint density at radius 3 is 2.43 bits per heavy atom. The maximum atomic E-state index is 10.8. The van der Waals surface area contributed by atoms with Gasteiger partial charge >= 0.3 is 7.82 Å². The maximum Gasteiger partial charge on any atom is 0.524 e. The lowest BCUT2D eigenvalue weighted by molar-refractivity contribution is 0.0998. The van der Waals surface area contributed by atoms with Crippen molar-refractivity contribution in [2.75, 3.05) is 0 Å². The molecule has 0 bridgehead atoms. The lowest BCUT2D eigenvalue weighted by Crippen LogP contribution is -2.12. The van der Waals surface area contributed by atoms with Crippen molar-refractivity contribution in [1.29, 1.82) is 0 Å². The average molecular weight is 217 g/mol. The summed E-state index contributed by atoms with van der Waals surface area (Å²) in [6.45, 7) is 0. The Morgan fingerprint density at radius 2 is 1.93 bits per heavy atom. The summed E-state index contributed by atoms with van der Waals surface area (Å²) in [6.07, 6.45) is 0. The van der Waals surface area contributed by atoms with Gasteiger partial charge in [-0.05, 0) is 12.1 Å². The largest absolute Gasteiger partial charge is 0.524 e. The van der Waals surface area contributed by atoms with Gasteiger partial charge in [0, 0.05) is 0 Å². The first-order chi connectivity index (χ1) is 6.40. The first-order valence-electron chi connectivity index (χ1n) is 3.54. The summed E-state index contributed by atoms with van der Waals surface area (Å²) in [5.74, 6) is -1.04. The SMILES string of the molecule is NC(=O)c1ccccc1OP(=O)(O)O. The van der Waals surface area contributed by atoms with Gasteiger partial charge in [0.1, 0.15) is 5.75 Å². The molecular weight excluding hydrogens is 209 g/mol. The maximum absolute atomic E-state index is 10.8. The van der Waals surface area contributed by atoms with Crippen LogP contribution in [0.2, 0.25) is 0 Å². The molecule has 6 nitrogen and oxygen atoms in total. The van der Waals surface area contributed by atoms with E-state index in [4.69, 9.17) is 15.5 Å². The van der Waals surface area contributed by atoms with Crippen molar-refractivity contribution < 1.29 is 23.7 Å². The molecule has 0 atom stereocenters. The van der Waals surface area contributed by atoms with E-state index in [0.717, 1.165) is 0 Å². The van der Waals surface area contributed by atoms with Gasteiger partial charge in [0.05, 0.1) is 5.56 Å². The van der Waals surface area contributed by atoms with Crippen molar-refractivity contribution >= 4 is 13.7 Å². The van der Waals surface area contributed by atoms with Crippen LogP contribution in [0.1, 0.15) is 10.4 Å². The molecule has 4 N–H and O–H groups in total. The van der Waals surface area contributed by atoms with Crippen LogP contribution in [0.3, 0.4) is 0 Å². The summed E-state index contributed by atoms with van der Waals surface area (Å²) in [6, 6.07) is 5.54. The minimum absolute atomic E-state index is 0.0733. The lowest BCUT2D eigenvalue weighted by atomic mass is 10.2. The number of amides is 1. The molecule has 0 saturated carbocycles. The summed E-state index contributed by atoms with van der Waals surface area (Å²) in [5.41, 5.74) is 4.89. The van der Waals surface area contributed by atoms with Gasteiger partial charge in [-0.25, -0.2) is 4.57 Å². The molecule has 1 aromatic rings.